The third-order valence-corrected chi connectivity index (χ3v) is 4.19. The molecule has 0 radical (unpaired) electrons. The van der Waals surface area contributed by atoms with Crippen molar-refractivity contribution in [3.8, 4) is 5.75 Å². The van der Waals surface area contributed by atoms with E-state index >= 15 is 0 Å². The number of aryl methyl sites for hydroxylation is 1. The lowest BCUT2D eigenvalue weighted by molar-refractivity contribution is -0.135. The van der Waals surface area contributed by atoms with Crippen LogP contribution in [0.4, 0.5) is 0 Å². The summed E-state index contributed by atoms with van der Waals surface area (Å²) in [6.45, 7) is 5.16. The first kappa shape index (κ1) is 17.7. The molecular weight excluding hydrogens is 298 g/mol. The van der Waals surface area contributed by atoms with Gasteiger partial charge >= 0.3 is 0 Å². The first-order chi connectivity index (χ1) is 11.1. The molecule has 0 aromatic carbocycles. The van der Waals surface area contributed by atoms with Gasteiger partial charge in [0.1, 0.15) is 12.4 Å². The number of nitrogens with zero attached hydrogens (tertiary/aromatic N) is 3. The van der Waals surface area contributed by atoms with Crippen molar-refractivity contribution in [2.24, 2.45) is 0 Å². The van der Waals surface area contributed by atoms with Gasteiger partial charge in [0.2, 0.25) is 5.91 Å². The van der Waals surface area contributed by atoms with Gasteiger partial charge in [-0.05, 0) is 13.3 Å². The topological polar surface area (TPSA) is 86.1 Å². The monoisotopic (exact) mass is 323 g/mol. The highest BCUT2D eigenvalue weighted by Gasteiger charge is 2.21. The second kappa shape index (κ2) is 8.24. The summed E-state index contributed by atoms with van der Waals surface area (Å²) in [5.74, 6) is 0.154. The van der Waals surface area contributed by atoms with Gasteiger partial charge in [0.15, 0.2) is 0 Å². The van der Waals surface area contributed by atoms with Gasteiger partial charge in [-0.25, -0.2) is 0 Å². The lowest BCUT2D eigenvalue weighted by Gasteiger charge is -2.23. The second-order valence-electron chi connectivity index (χ2n) is 5.80. The smallest absolute Gasteiger partial charge is 0.248 e. The molecule has 0 unspecified atom stereocenters. The van der Waals surface area contributed by atoms with Crippen molar-refractivity contribution in [3.05, 3.63) is 23.0 Å². The zero-order valence-corrected chi connectivity index (χ0v) is 13.8. The number of rotatable bonds is 5. The molecule has 1 amide bonds. The fraction of sp³-hybridized carbons (Fsp3) is 0.625. The minimum Gasteiger partial charge on any atom is -0.506 e. The maximum atomic E-state index is 11.9. The van der Waals surface area contributed by atoms with Crippen molar-refractivity contribution in [1.82, 2.24) is 14.8 Å². The number of methoxy groups -OCH3 is 1. The Hall–Kier alpha value is -1.70. The van der Waals surface area contributed by atoms with Gasteiger partial charge in [0.25, 0.3) is 0 Å². The number of ether oxygens (including phenoxy) is 1. The largest absolute Gasteiger partial charge is 0.506 e. The fourth-order valence-electron chi connectivity index (χ4n) is 2.81. The van der Waals surface area contributed by atoms with Gasteiger partial charge in [-0.1, -0.05) is 0 Å². The number of carbonyl (C=O) groups excluding carboxylic acids is 1. The molecule has 0 spiro atoms. The van der Waals surface area contributed by atoms with Crippen molar-refractivity contribution in [3.63, 3.8) is 0 Å². The number of carbonyl (C=O) groups is 1. The van der Waals surface area contributed by atoms with Gasteiger partial charge in [0, 0.05) is 57.2 Å². The normalized spacial score (nSPS) is 16.4. The summed E-state index contributed by atoms with van der Waals surface area (Å²) in [5.41, 5.74) is 1.92. The van der Waals surface area contributed by atoms with E-state index in [0.29, 0.717) is 30.9 Å². The molecule has 23 heavy (non-hydrogen) atoms. The summed E-state index contributed by atoms with van der Waals surface area (Å²) in [5, 5.41) is 19.7. The molecule has 0 saturated carbocycles. The van der Waals surface area contributed by atoms with Crippen LogP contribution in [0.25, 0.3) is 0 Å². The molecule has 1 aliphatic heterocycles. The molecular formula is C16H25N3O4. The summed E-state index contributed by atoms with van der Waals surface area (Å²) in [4.78, 5) is 20.0. The van der Waals surface area contributed by atoms with Gasteiger partial charge in [0.05, 0.1) is 12.3 Å². The molecule has 0 bridgehead atoms. The Labute approximate surface area is 136 Å². The first-order valence-electron chi connectivity index (χ1n) is 7.83. The molecule has 7 heteroatoms. The van der Waals surface area contributed by atoms with Crippen LogP contribution in [-0.4, -0.2) is 70.8 Å². The molecule has 1 aromatic heterocycles. The number of aromatic hydroxyl groups is 1. The van der Waals surface area contributed by atoms with Crippen molar-refractivity contribution in [2.45, 2.75) is 26.5 Å². The molecule has 2 heterocycles. The maximum Gasteiger partial charge on any atom is 0.248 e. The van der Waals surface area contributed by atoms with Crippen LogP contribution in [-0.2, 0) is 22.7 Å². The summed E-state index contributed by atoms with van der Waals surface area (Å²) >= 11 is 0. The van der Waals surface area contributed by atoms with Crippen LogP contribution < -0.4 is 0 Å². The highest BCUT2D eigenvalue weighted by molar-refractivity contribution is 5.77. The van der Waals surface area contributed by atoms with Gasteiger partial charge in [-0.15, -0.1) is 0 Å². The number of aliphatic hydroxyl groups is 1. The number of aliphatic hydroxyl groups excluding tert-OH is 1. The van der Waals surface area contributed by atoms with E-state index in [-0.39, 0.29) is 24.9 Å². The molecule has 2 N–H and O–H groups in total. The van der Waals surface area contributed by atoms with Gasteiger partial charge in [-0.3, -0.25) is 14.7 Å². The van der Waals surface area contributed by atoms with Crippen LogP contribution in [0.5, 0.6) is 5.75 Å². The number of pyridine rings is 1. The van der Waals surface area contributed by atoms with Crippen molar-refractivity contribution >= 4 is 5.91 Å². The van der Waals surface area contributed by atoms with Crippen LogP contribution >= 0.6 is 0 Å². The number of amides is 1. The number of hydrogen-bond donors (Lipinski definition) is 2. The zero-order chi connectivity index (χ0) is 16.8. The Morgan fingerprint density at radius 1 is 1.35 bits per heavy atom. The van der Waals surface area contributed by atoms with E-state index in [4.69, 9.17) is 4.74 Å². The predicted molar refractivity (Wildman–Crippen MR) is 84.9 cm³/mol. The van der Waals surface area contributed by atoms with Crippen molar-refractivity contribution in [1.29, 1.82) is 0 Å². The number of hydrogen-bond acceptors (Lipinski definition) is 6. The van der Waals surface area contributed by atoms with Crippen molar-refractivity contribution < 1.29 is 19.7 Å². The summed E-state index contributed by atoms with van der Waals surface area (Å²) in [7, 11) is 1.52. The Morgan fingerprint density at radius 2 is 2.13 bits per heavy atom. The summed E-state index contributed by atoms with van der Waals surface area (Å²) < 4.78 is 4.91. The second-order valence-corrected chi connectivity index (χ2v) is 5.80. The predicted octanol–water partition coefficient (Wildman–Crippen LogP) is 0.269. The summed E-state index contributed by atoms with van der Waals surface area (Å²) in [6.07, 6.45) is 2.48. The lowest BCUT2D eigenvalue weighted by atomic mass is 10.1. The maximum absolute atomic E-state index is 11.9. The van der Waals surface area contributed by atoms with E-state index in [1.165, 1.54) is 7.11 Å². The Balaban J connectivity index is 2.04. The minimum absolute atomic E-state index is 0.00741. The lowest BCUT2D eigenvalue weighted by Crippen LogP contribution is -2.37. The number of aromatic nitrogens is 1. The quantitative estimate of drug-likeness (QED) is 0.809. The van der Waals surface area contributed by atoms with E-state index in [1.807, 2.05) is 4.90 Å². The fourth-order valence-corrected chi connectivity index (χ4v) is 2.81. The molecule has 0 atom stereocenters. The van der Waals surface area contributed by atoms with Crippen LogP contribution in [0.1, 0.15) is 23.2 Å². The first-order valence-corrected chi connectivity index (χ1v) is 7.83. The van der Waals surface area contributed by atoms with E-state index in [2.05, 4.69) is 9.88 Å². The average molecular weight is 323 g/mol. The highest BCUT2D eigenvalue weighted by Crippen LogP contribution is 2.25. The van der Waals surface area contributed by atoms with Crippen LogP contribution in [0, 0.1) is 6.92 Å². The third kappa shape index (κ3) is 4.40. The molecule has 0 aliphatic carbocycles. The van der Waals surface area contributed by atoms with E-state index in [9.17, 15) is 15.0 Å². The minimum atomic E-state index is -0.150. The molecule has 1 saturated heterocycles. The zero-order valence-electron chi connectivity index (χ0n) is 13.8. The molecule has 1 aromatic rings. The highest BCUT2D eigenvalue weighted by atomic mass is 16.5. The van der Waals surface area contributed by atoms with Gasteiger partial charge < -0.3 is 19.8 Å². The molecule has 1 aliphatic rings. The van der Waals surface area contributed by atoms with Crippen LogP contribution in [0.3, 0.4) is 0 Å². The van der Waals surface area contributed by atoms with Crippen LogP contribution in [0.2, 0.25) is 0 Å². The van der Waals surface area contributed by atoms with Gasteiger partial charge in [-0.2, -0.15) is 0 Å². The molecule has 2 rings (SSSR count). The Kier molecular flexibility index (Phi) is 6.32. The standard InChI is InChI=1S/C16H25N3O4/c1-12-16(22)14(13(10-20)8-17-12)9-18-4-3-5-19(7-6-18)15(21)11-23-2/h8,20,22H,3-7,9-11H2,1-2H3. The van der Waals surface area contributed by atoms with E-state index in [1.54, 1.807) is 13.1 Å². The molecule has 1 fully saturated rings. The Morgan fingerprint density at radius 3 is 2.83 bits per heavy atom. The SMILES string of the molecule is COCC(=O)N1CCCN(Cc2c(CO)cnc(C)c2O)CC1. The van der Waals surface area contributed by atoms with E-state index in [0.717, 1.165) is 25.1 Å². The third-order valence-electron chi connectivity index (χ3n) is 4.19. The average Bonchev–Trinajstić information content (AvgIpc) is 2.78. The van der Waals surface area contributed by atoms with E-state index < -0.39 is 0 Å². The molecule has 128 valence electrons. The van der Waals surface area contributed by atoms with Crippen molar-refractivity contribution in [2.75, 3.05) is 39.9 Å². The Bertz CT molecular complexity index is 550. The van der Waals surface area contributed by atoms with Crippen LogP contribution in [0.15, 0.2) is 6.20 Å². The summed E-state index contributed by atoms with van der Waals surface area (Å²) in [6, 6.07) is 0. The molecule has 7 nitrogen and oxygen atoms in total.